The summed E-state index contributed by atoms with van der Waals surface area (Å²) >= 11 is 0. The molecule has 2 N–H and O–H groups in total. The molecular weight excluding hydrogens is 318 g/mol. The van der Waals surface area contributed by atoms with Crippen molar-refractivity contribution in [1.82, 2.24) is 14.9 Å². The summed E-state index contributed by atoms with van der Waals surface area (Å²) in [6.45, 7) is 5.40. The number of rotatable bonds is 6. The van der Waals surface area contributed by atoms with E-state index in [1.165, 1.54) is 0 Å². The molecular formula is C19H25N3O3. The number of fused-ring (bicyclic) bond motifs is 1. The number of aromatic nitrogens is 2. The Morgan fingerprint density at radius 1 is 1.32 bits per heavy atom. The highest BCUT2D eigenvalue weighted by Crippen LogP contribution is 2.25. The molecule has 0 atom stereocenters. The lowest BCUT2D eigenvalue weighted by Crippen LogP contribution is -2.30. The van der Waals surface area contributed by atoms with Gasteiger partial charge in [-0.2, -0.15) is 0 Å². The lowest BCUT2D eigenvalue weighted by molar-refractivity contribution is -0.125. The number of nitrogens with zero attached hydrogens (tertiary/aromatic N) is 2. The summed E-state index contributed by atoms with van der Waals surface area (Å²) in [7, 11) is 0. The third-order valence-corrected chi connectivity index (χ3v) is 4.77. The highest BCUT2D eigenvalue weighted by Gasteiger charge is 2.23. The molecule has 1 saturated carbocycles. The summed E-state index contributed by atoms with van der Waals surface area (Å²) < 4.78 is 2.08. The molecule has 0 saturated heterocycles. The van der Waals surface area contributed by atoms with Crippen molar-refractivity contribution in [1.29, 1.82) is 0 Å². The smallest absolute Gasteiger partial charge is 0.335 e. The highest BCUT2D eigenvalue weighted by molar-refractivity contribution is 5.92. The van der Waals surface area contributed by atoms with E-state index in [4.69, 9.17) is 0 Å². The Morgan fingerprint density at radius 2 is 2.04 bits per heavy atom. The van der Waals surface area contributed by atoms with Gasteiger partial charge in [-0.15, -0.1) is 0 Å². The molecule has 1 amide bonds. The molecule has 25 heavy (non-hydrogen) atoms. The molecule has 6 nitrogen and oxygen atoms in total. The fraction of sp³-hybridized carbons (Fsp3) is 0.526. The minimum absolute atomic E-state index is 0.104. The molecule has 6 heteroatoms. The first kappa shape index (κ1) is 17.5. The first-order valence-corrected chi connectivity index (χ1v) is 8.96. The zero-order valence-corrected chi connectivity index (χ0v) is 14.8. The molecule has 1 aliphatic rings. The summed E-state index contributed by atoms with van der Waals surface area (Å²) in [6.07, 6.45) is 4.19. The summed E-state index contributed by atoms with van der Waals surface area (Å²) in [6, 6.07) is 5.00. The summed E-state index contributed by atoms with van der Waals surface area (Å²) in [5.74, 6) is 0.461. The van der Waals surface area contributed by atoms with E-state index in [0.717, 1.165) is 43.6 Å². The van der Waals surface area contributed by atoms with Crippen molar-refractivity contribution in [2.45, 2.75) is 52.6 Å². The number of imidazole rings is 1. The number of hydrogen-bond donors (Lipinski definition) is 2. The average molecular weight is 343 g/mol. The van der Waals surface area contributed by atoms with E-state index in [0.29, 0.717) is 18.0 Å². The number of nitrogens with one attached hydrogen (secondary N) is 1. The van der Waals surface area contributed by atoms with Gasteiger partial charge >= 0.3 is 5.97 Å². The molecule has 0 bridgehead atoms. The quantitative estimate of drug-likeness (QED) is 0.843. The largest absolute Gasteiger partial charge is 0.478 e. The SMILES string of the molecule is CC(C)Cn1c(CNC(=O)C2CCCC2)nc2cc(C(=O)O)ccc21. The van der Waals surface area contributed by atoms with Gasteiger partial charge in [0.2, 0.25) is 5.91 Å². The summed E-state index contributed by atoms with van der Waals surface area (Å²) in [5.41, 5.74) is 1.79. The van der Waals surface area contributed by atoms with Crippen molar-refractivity contribution in [3.8, 4) is 0 Å². The fourth-order valence-electron chi connectivity index (χ4n) is 3.52. The molecule has 0 aliphatic heterocycles. The first-order chi connectivity index (χ1) is 12.0. The molecule has 1 fully saturated rings. The van der Waals surface area contributed by atoms with Gasteiger partial charge in [0.1, 0.15) is 5.82 Å². The second-order valence-corrected chi connectivity index (χ2v) is 7.24. The van der Waals surface area contributed by atoms with Crippen LogP contribution in [0.5, 0.6) is 0 Å². The first-order valence-electron chi connectivity index (χ1n) is 8.96. The van der Waals surface area contributed by atoms with Gasteiger partial charge in [-0.3, -0.25) is 4.79 Å². The molecule has 1 aliphatic carbocycles. The summed E-state index contributed by atoms with van der Waals surface area (Å²) in [4.78, 5) is 28.1. The van der Waals surface area contributed by atoms with E-state index < -0.39 is 5.97 Å². The molecule has 134 valence electrons. The van der Waals surface area contributed by atoms with Crippen molar-refractivity contribution < 1.29 is 14.7 Å². The van der Waals surface area contributed by atoms with Crippen molar-refractivity contribution in [2.24, 2.45) is 11.8 Å². The van der Waals surface area contributed by atoms with Gasteiger partial charge in [0.25, 0.3) is 0 Å². The van der Waals surface area contributed by atoms with E-state index in [1.807, 2.05) is 0 Å². The van der Waals surface area contributed by atoms with Crippen molar-refractivity contribution in [3.05, 3.63) is 29.6 Å². The third kappa shape index (κ3) is 3.83. The Kier molecular flexibility index (Phi) is 5.06. The van der Waals surface area contributed by atoms with Gasteiger partial charge in [0.15, 0.2) is 0 Å². The Hall–Kier alpha value is -2.37. The Morgan fingerprint density at radius 3 is 2.68 bits per heavy atom. The van der Waals surface area contributed by atoms with Crippen LogP contribution >= 0.6 is 0 Å². The second-order valence-electron chi connectivity index (χ2n) is 7.24. The Labute approximate surface area is 147 Å². The van der Waals surface area contributed by atoms with Crippen molar-refractivity contribution in [2.75, 3.05) is 0 Å². The topological polar surface area (TPSA) is 84.2 Å². The highest BCUT2D eigenvalue weighted by atomic mass is 16.4. The van der Waals surface area contributed by atoms with E-state index >= 15 is 0 Å². The predicted molar refractivity (Wildman–Crippen MR) is 95.3 cm³/mol. The molecule has 1 aromatic carbocycles. The minimum atomic E-state index is -0.962. The molecule has 1 heterocycles. The van der Waals surface area contributed by atoms with Crippen LogP contribution < -0.4 is 5.32 Å². The van der Waals surface area contributed by atoms with Gasteiger partial charge < -0.3 is 15.0 Å². The van der Waals surface area contributed by atoms with E-state index in [1.54, 1.807) is 18.2 Å². The van der Waals surface area contributed by atoms with Crippen LogP contribution in [0.25, 0.3) is 11.0 Å². The minimum Gasteiger partial charge on any atom is -0.478 e. The lowest BCUT2D eigenvalue weighted by Gasteiger charge is -2.14. The number of aromatic carboxylic acids is 1. The Bertz CT molecular complexity index is 789. The maximum atomic E-state index is 12.3. The predicted octanol–water partition coefficient (Wildman–Crippen LogP) is 3.20. The number of carboxylic acid groups (broad SMARTS) is 1. The molecule has 0 radical (unpaired) electrons. The molecule has 0 spiro atoms. The number of benzene rings is 1. The normalized spacial score (nSPS) is 15.2. The van der Waals surface area contributed by atoms with Crippen LogP contribution in [0.3, 0.4) is 0 Å². The fourth-order valence-corrected chi connectivity index (χ4v) is 3.52. The van der Waals surface area contributed by atoms with Gasteiger partial charge in [-0.25, -0.2) is 9.78 Å². The molecule has 0 unspecified atom stereocenters. The Balaban J connectivity index is 1.86. The van der Waals surface area contributed by atoms with Gasteiger partial charge in [0.05, 0.1) is 23.1 Å². The molecule has 3 rings (SSSR count). The van der Waals surface area contributed by atoms with Crippen molar-refractivity contribution in [3.63, 3.8) is 0 Å². The number of amides is 1. The van der Waals surface area contributed by atoms with Crippen LogP contribution in [0.2, 0.25) is 0 Å². The number of hydrogen-bond acceptors (Lipinski definition) is 3. The summed E-state index contributed by atoms with van der Waals surface area (Å²) in [5, 5.41) is 12.2. The van der Waals surface area contributed by atoms with Gasteiger partial charge in [-0.05, 0) is 37.0 Å². The van der Waals surface area contributed by atoms with E-state index in [-0.39, 0.29) is 17.4 Å². The van der Waals surface area contributed by atoms with Crippen LogP contribution in [0.15, 0.2) is 18.2 Å². The number of carbonyl (C=O) groups is 2. The van der Waals surface area contributed by atoms with E-state index in [2.05, 4.69) is 28.7 Å². The van der Waals surface area contributed by atoms with Gasteiger partial charge in [0, 0.05) is 12.5 Å². The van der Waals surface area contributed by atoms with Crippen LogP contribution in [-0.4, -0.2) is 26.5 Å². The lowest BCUT2D eigenvalue weighted by atomic mass is 10.1. The zero-order valence-electron chi connectivity index (χ0n) is 14.8. The van der Waals surface area contributed by atoms with Crippen molar-refractivity contribution >= 4 is 22.9 Å². The third-order valence-electron chi connectivity index (χ3n) is 4.77. The second kappa shape index (κ2) is 7.25. The van der Waals surface area contributed by atoms with Crippen LogP contribution in [0, 0.1) is 11.8 Å². The monoisotopic (exact) mass is 343 g/mol. The number of carboxylic acids is 1. The average Bonchev–Trinajstić information content (AvgIpc) is 3.20. The maximum absolute atomic E-state index is 12.3. The zero-order chi connectivity index (χ0) is 18.0. The molecule has 1 aromatic heterocycles. The van der Waals surface area contributed by atoms with E-state index in [9.17, 15) is 14.7 Å². The van der Waals surface area contributed by atoms with Crippen LogP contribution in [0.4, 0.5) is 0 Å². The van der Waals surface area contributed by atoms with Crippen LogP contribution in [-0.2, 0) is 17.9 Å². The standard InChI is InChI=1S/C19H25N3O3/c1-12(2)11-22-16-8-7-14(19(24)25)9-15(16)21-17(22)10-20-18(23)13-5-3-4-6-13/h7-9,12-13H,3-6,10-11H2,1-2H3,(H,20,23)(H,24,25). The maximum Gasteiger partial charge on any atom is 0.335 e. The van der Waals surface area contributed by atoms with Gasteiger partial charge in [-0.1, -0.05) is 26.7 Å². The molecule has 2 aromatic rings. The number of carbonyl (C=O) groups excluding carboxylic acids is 1. The van der Waals surface area contributed by atoms with Crippen LogP contribution in [0.1, 0.15) is 55.7 Å².